The largest absolute Gasteiger partial charge is 0.320 e. The molecule has 0 aliphatic rings. The monoisotopic (exact) mass is 476 g/mol. The van der Waals surface area contributed by atoms with Gasteiger partial charge in [0.25, 0.3) is 5.91 Å². The maximum atomic E-state index is 12.9. The van der Waals surface area contributed by atoms with Gasteiger partial charge in [-0.05, 0) is 52.3 Å². The number of carbonyl (C=O) groups is 1. The summed E-state index contributed by atoms with van der Waals surface area (Å²) in [5.74, 6) is -0.920. The number of nitrogens with one attached hydrogen (secondary N) is 2. The van der Waals surface area contributed by atoms with Crippen LogP contribution in [0.3, 0.4) is 0 Å². The SMILES string of the molecule is O=C(Nc1ccc(F)cc1)c1nnc(CNS(=O)(=O)c2ccc(Br)s2)s1. The number of amides is 1. The molecule has 0 aliphatic heterocycles. The third-order valence-corrected chi connectivity index (χ3v) is 7.43. The smallest absolute Gasteiger partial charge is 0.286 e. The zero-order valence-corrected chi connectivity index (χ0v) is 16.8. The van der Waals surface area contributed by atoms with Gasteiger partial charge in [0, 0.05) is 5.69 Å². The normalized spacial score (nSPS) is 11.5. The number of rotatable bonds is 6. The fraction of sp³-hybridized carbons (Fsp3) is 0.0714. The molecule has 0 atom stereocenters. The van der Waals surface area contributed by atoms with Crippen molar-refractivity contribution in [3.8, 4) is 0 Å². The summed E-state index contributed by atoms with van der Waals surface area (Å²) in [6, 6.07) is 8.41. The number of halogens is 2. The van der Waals surface area contributed by atoms with Gasteiger partial charge >= 0.3 is 0 Å². The Kier molecular flexibility index (Phi) is 5.77. The molecule has 0 unspecified atom stereocenters. The zero-order chi connectivity index (χ0) is 18.7. The van der Waals surface area contributed by atoms with Gasteiger partial charge in [-0.3, -0.25) is 4.79 Å². The van der Waals surface area contributed by atoms with E-state index in [0.717, 1.165) is 22.7 Å². The summed E-state index contributed by atoms with van der Waals surface area (Å²) in [5, 5.41) is 10.5. The Bertz CT molecular complexity index is 1030. The molecule has 3 aromatic rings. The molecule has 0 fully saturated rings. The molecule has 1 aromatic carbocycles. The molecular formula is C14H10BrFN4O3S3. The average molecular weight is 477 g/mol. The topological polar surface area (TPSA) is 101 Å². The fourth-order valence-electron chi connectivity index (χ4n) is 1.80. The minimum absolute atomic E-state index is 0.0717. The van der Waals surface area contributed by atoms with E-state index >= 15 is 0 Å². The second-order valence-electron chi connectivity index (χ2n) is 4.85. The molecule has 1 amide bonds. The van der Waals surface area contributed by atoms with Gasteiger partial charge in [-0.2, -0.15) is 0 Å². The van der Waals surface area contributed by atoms with Crippen molar-refractivity contribution < 1.29 is 17.6 Å². The van der Waals surface area contributed by atoms with Gasteiger partial charge in [0.1, 0.15) is 15.0 Å². The molecule has 0 saturated carbocycles. The number of hydrogen-bond acceptors (Lipinski definition) is 7. The van der Waals surface area contributed by atoms with Gasteiger partial charge in [-0.15, -0.1) is 21.5 Å². The predicted molar refractivity (Wildman–Crippen MR) is 100 cm³/mol. The molecule has 7 nitrogen and oxygen atoms in total. The molecule has 0 aliphatic carbocycles. The number of nitrogens with zero attached hydrogens (tertiary/aromatic N) is 2. The van der Waals surface area contributed by atoms with Crippen molar-refractivity contribution in [2.75, 3.05) is 5.32 Å². The lowest BCUT2D eigenvalue weighted by atomic mass is 10.3. The first-order valence-electron chi connectivity index (χ1n) is 6.98. The number of sulfonamides is 1. The van der Waals surface area contributed by atoms with E-state index < -0.39 is 21.7 Å². The summed E-state index contributed by atoms with van der Waals surface area (Å²) < 4.78 is 40.5. The van der Waals surface area contributed by atoms with E-state index in [1.54, 1.807) is 6.07 Å². The first-order chi connectivity index (χ1) is 12.3. The number of anilines is 1. The van der Waals surface area contributed by atoms with Gasteiger partial charge in [0.2, 0.25) is 15.0 Å². The standard InChI is InChI=1S/C14H10BrFN4O3S3/c15-10-5-6-12(24-10)26(22,23)17-7-11-19-20-14(25-11)13(21)18-9-3-1-8(16)2-4-9/h1-6,17H,7H2,(H,18,21). The maximum absolute atomic E-state index is 12.9. The highest BCUT2D eigenvalue weighted by atomic mass is 79.9. The van der Waals surface area contributed by atoms with Gasteiger partial charge in [0.05, 0.1) is 10.3 Å². The minimum Gasteiger partial charge on any atom is -0.320 e. The summed E-state index contributed by atoms with van der Waals surface area (Å²) in [6.45, 7) is -0.0840. The molecule has 2 aromatic heterocycles. The lowest BCUT2D eigenvalue weighted by Crippen LogP contribution is -2.22. The second-order valence-corrected chi connectivity index (χ2v) is 10.4. The summed E-state index contributed by atoms with van der Waals surface area (Å²) in [4.78, 5) is 12.1. The van der Waals surface area contributed by atoms with Crippen LogP contribution in [0.4, 0.5) is 10.1 Å². The van der Waals surface area contributed by atoms with Gasteiger partial charge in [-0.1, -0.05) is 11.3 Å². The minimum atomic E-state index is -3.66. The molecule has 136 valence electrons. The number of aromatic nitrogens is 2. The maximum Gasteiger partial charge on any atom is 0.286 e. The lowest BCUT2D eigenvalue weighted by Gasteiger charge is -2.02. The molecule has 2 heterocycles. The van der Waals surface area contributed by atoms with Crippen LogP contribution in [0.5, 0.6) is 0 Å². The van der Waals surface area contributed by atoms with Gasteiger partial charge in [0.15, 0.2) is 0 Å². The molecule has 2 N–H and O–H groups in total. The van der Waals surface area contributed by atoms with Crippen LogP contribution >= 0.6 is 38.6 Å². The van der Waals surface area contributed by atoms with Crippen LogP contribution < -0.4 is 10.0 Å². The zero-order valence-electron chi connectivity index (χ0n) is 12.8. The van der Waals surface area contributed by atoms with Crippen LogP contribution in [0, 0.1) is 5.82 Å². The second kappa shape index (κ2) is 7.88. The number of thiophene rings is 1. The molecule has 26 heavy (non-hydrogen) atoms. The third-order valence-electron chi connectivity index (χ3n) is 2.99. The molecule has 0 spiro atoms. The highest BCUT2D eigenvalue weighted by Crippen LogP contribution is 2.26. The van der Waals surface area contributed by atoms with E-state index in [1.165, 1.54) is 30.3 Å². The first kappa shape index (κ1) is 19.0. The Balaban J connectivity index is 1.62. The predicted octanol–water partition coefficient (Wildman–Crippen LogP) is 3.23. The van der Waals surface area contributed by atoms with Crippen molar-refractivity contribution in [1.29, 1.82) is 0 Å². The van der Waals surface area contributed by atoms with E-state index in [9.17, 15) is 17.6 Å². The molecule has 0 bridgehead atoms. The van der Waals surface area contributed by atoms with Crippen molar-refractivity contribution >= 4 is 60.2 Å². The first-order valence-corrected chi connectivity index (χ1v) is 10.9. The van der Waals surface area contributed by atoms with Crippen molar-refractivity contribution in [1.82, 2.24) is 14.9 Å². The van der Waals surface area contributed by atoms with E-state index in [-0.39, 0.29) is 15.8 Å². The van der Waals surface area contributed by atoms with E-state index in [1.807, 2.05) is 0 Å². The number of carbonyl (C=O) groups excluding carboxylic acids is 1. The Hall–Kier alpha value is -1.73. The van der Waals surface area contributed by atoms with Crippen molar-refractivity contribution in [3.05, 3.63) is 56.0 Å². The Labute approximate surface area is 164 Å². The van der Waals surface area contributed by atoms with Crippen LogP contribution in [0.2, 0.25) is 0 Å². The fourth-order valence-corrected chi connectivity index (χ4v) is 5.61. The molecule has 12 heteroatoms. The van der Waals surface area contributed by atoms with Crippen molar-refractivity contribution in [2.24, 2.45) is 0 Å². The highest BCUT2D eigenvalue weighted by molar-refractivity contribution is 9.11. The van der Waals surface area contributed by atoms with E-state index in [2.05, 4.69) is 36.2 Å². The summed E-state index contributed by atoms with van der Waals surface area (Å²) in [5.41, 5.74) is 0.414. The summed E-state index contributed by atoms with van der Waals surface area (Å²) >= 11 is 5.26. The van der Waals surface area contributed by atoms with Gasteiger partial charge < -0.3 is 5.32 Å². The Morgan fingerprint density at radius 1 is 1.12 bits per heavy atom. The van der Waals surface area contributed by atoms with Crippen molar-refractivity contribution in [3.63, 3.8) is 0 Å². The van der Waals surface area contributed by atoms with E-state index in [4.69, 9.17) is 0 Å². The molecule has 0 radical (unpaired) electrons. The van der Waals surface area contributed by atoms with E-state index in [0.29, 0.717) is 14.5 Å². The van der Waals surface area contributed by atoms with Crippen LogP contribution in [0.1, 0.15) is 14.8 Å². The number of benzene rings is 1. The van der Waals surface area contributed by atoms with Crippen molar-refractivity contribution in [2.45, 2.75) is 10.8 Å². The Morgan fingerprint density at radius 3 is 2.50 bits per heavy atom. The lowest BCUT2D eigenvalue weighted by molar-refractivity contribution is 0.102. The highest BCUT2D eigenvalue weighted by Gasteiger charge is 2.18. The van der Waals surface area contributed by atoms with Crippen LogP contribution in [-0.4, -0.2) is 24.5 Å². The Morgan fingerprint density at radius 2 is 1.85 bits per heavy atom. The van der Waals surface area contributed by atoms with Gasteiger partial charge in [-0.25, -0.2) is 17.5 Å². The number of hydrogen-bond donors (Lipinski definition) is 2. The average Bonchev–Trinajstić information content (AvgIpc) is 3.24. The third kappa shape index (κ3) is 4.71. The van der Waals surface area contributed by atoms with Crippen LogP contribution in [0.15, 0.2) is 44.4 Å². The molecule has 3 rings (SSSR count). The van der Waals surface area contributed by atoms with Crippen LogP contribution in [-0.2, 0) is 16.6 Å². The van der Waals surface area contributed by atoms with Crippen LogP contribution in [0.25, 0.3) is 0 Å². The summed E-state index contributed by atoms with van der Waals surface area (Å²) in [7, 11) is -3.66. The molecule has 0 saturated heterocycles. The summed E-state index contributed by atoms with van der Waals surface area (Å²) in [6.07, 6.45) is 0. The quantitative estimate of drug-likeness (QED) is 0.568. The molecular weight excluding hydrogens is 467 g/mol.